The minimum absolute atomic E-state index is 0.00472. The van der Waals surface area contributed by atoms with Crippen LogP contribution in [0.1, 0.15) is 19.4 Å². The van der Waals surface area contributed by atoms with Gasteiger partial charge < -0.3 is 8.85 Å². The average molecular weight is 210 g/mol. The summed E-state index contributed by atoms with van der Waals surface area (Å²) in [5, 5.41) is 0.00472. The summed E-state index contributed by atoms with van der Waals surface area (Å²) in [7, 11) is 1.83. The Labute approximate surface area is 87.7 Å². The normalized spacial score (nSPS) is 12.1. The highest BCUT2D eigenvalue weighted by molar-refractivity contribution is 6.48. The summed E-state index contributed by atoms with van der Waals surface area (Å²) in [6, 6.07) is 10.4. The molecule has 0 saturated carbocycles. The second-order valence-corrected chi connectivity index (χ2v) is 6.94. The smallest absolute Gasteiger partial charge is 0.331 e. The van der Waals surface area contributed by atoms with Gasteiger partial charge in [-0.3, -0.25) is 0 Å². The fourth-order valence-electron chi connectivity index (χ4n) is 1.69. The van der Waals surface area contributed by atoms with Gasteiger partial charge in [-0.2, -0.15) is 0 Å². The first-order valence-corrected chi connectivity index (χ1v) is 6.26. The molecule has 2 nitrogen and oxygen atoms in total. The van der Waals surface area contributed by atoms with E-state index in [4.69, 9.17) is 8.85 Å². The van der Waals surface area contributed by atoms with E-state index in [1.54, 1.807) is 14.2 Å². The fraction of sp³-hybridized carbons (Fsp3) is 0.455. The van der Waals surface area contributed by atoms with Gasteiger partial charge in [0, 0.05) is 19.3 Å². The van der Waals surface area contributed by atoms with Crippen molar-refractivity contribution >= 4 is 9.28 Å². The molecule has 0 aliphatic heterocycles. The van der Waals surface area contributed by atoms with Crippen LogP contribution in [0.4, 0.5) is 0 Å². The molecule has 1 aromatic rings. The lowest BCUT2D eigenvalue weighted by molar-refractivity contribution is 0.250. The Kier molecular flexibility index (Phi) is 3.86. The molecular formula is C11H18O2Si. The molecule has 3 heteroatoms. The van der Waals surface area contributed by atoms with E-state index in [-0.39, 0.29) is 5.04 Å². The van der Waals surface area contributed by atoms with Gasteiger partial charge >= 0.3 is 9.28 Å². The quantitative estimate of drug-likeness (QED) is 0.708. The van der Waals surface area contributed by atoms with Crippen LogP contribution in [0, 0.1) is 0 Å². The van der Waals surface area contributed by atoms with E-state index in [0.717, 1.165) is 0 Å². The van der Waals surface area contributed by atoms with Crippen molar-refractivity contribution in [3.63, 3.8) is 0 Å². The Morgan fingerprint density at radius 2 is 1.50 bits per heavy atom. The van der Waals surface area contributed by atoms with Gasteiger partial charge in [-0.15, -0.1) is 0 Å². The van der Waals surface area contributed by atoms with E-state index in [2.05, 4.69) is 26.0 Å². The molecule has 14 heavy (non-hydrogen) atoms. The molecule has 0 aliphatic carbocycles. The summed E-state index contributed by atoms with van der Waals surface area (Å²) in [6.45, 7) is 4.35. The maximum atomic E-state index is 5.44. The van der Waals surface area contributed by atoms with Crippen LogP contribution in [0.15, 0.2) is 30.3 Å². The van der Waals surface area contributed by atoms with Crippen molar-refractivity contribution in [2.24, 2.45) is 0 Å². The predicted octanol–water partition coefficient (Wildman–Crippen LogP) is 2.02. The maximum absolute atomic E-state index is 5.44. The van der Waals surface area contributed by atoms with E-state index in [0.29, 0.717) is 0 Å². The van der Waals surface area contributed by atoms with Gasteiger partial charge in [0.15, 0.2) is 0 Å². The van der Waals surface area contributed by atoms with Crippen molar-refractivity contribution in [2.75, 3.05) is 14.2 Å². The molecule has 0 radical (unpaired) electrons. The van der Waals surface area contributed by atoms with E-state index in [9.17, 15) is 0 Å². The van der Waals surface area contributed by atoms with Crippen molar-refractivity contribution < 1.29 is 8.85 Å². The molecule has 0 N–H and O–H groups in total. The Morgan fingerprint density at radius 3 is 1.93 bits per heavy atom. The third kappa shape index (κ3) is 2.23. The minimum atomic E-state index is -1.63. The summed E-state index contributed by atoms with van der Waals surface area (Å²) < 4.78 is 10.9. The van der Waals surface area contributed by atoms with E-state index in [1.165, 1.54) is 5.56 Å². The van der Waals surface area contributed by atoms with Gasteiger partial charge in [0.2, 0.25) is 0 Å². The zero-order valence-electron chi connectivity index (χ0n) is 9.28. The molecule has 0 bridgehead atoms. The SMILES string of the molecule is CO[SiH](OC)C(C)(C)c1ccccc1. The van der Waals surface area contributed by atoms with E-state index < -0.39 is 9.28 Å². The van der Waals surface area contributed by atoms with Gasteiger partial charge in [0.05, 0.1) is 0 Å². The van der Waals surface area contributed by atoms with Crippen LogP contribution in [0.2, 0.25) is 0 Å². The molecule has 78 valence electrons. The molecule has 0 spiro atoms. The lowest BCUT2D eigenvalue weighted by Gasteiger charge is -2.30. The third-order valence-corrected chi connectivity index (χ3v) is 4.90. The number of benzene rings is 1. The largest absolute Gasteiger partial charge is 0.399 e. The molecule has 0 heterocycles. The Balaban J connectivity index is 2.94. The van der Waals surface area contributed by atoms with E-state index >= 15 is 0 Å². The Hall–Kier alpha value is -0.643. The summed E-state index contributed by atoms with van der Waals surface area (Å²) >= 11 is 0. The van der Waals surface area contributed by atoms with Crippen molar-refractivity contribution in [2.45, 2.75) is 18.9 Å². The van der Waals surface area contributed by atoms with Gasteiger partial charge in [-0.1, -0.05) is 44.2 Å². The lowest BCUT2D eigenvalue weighted by atomic mass is 10.0. The Morgan fingerprint density at radius 1 is 1.00 bits per heavy atom. The van der Waals surface area contributed by atoms with Gasteiger partial charge in [0.1, 0.15) is 0 Å². The summed E-state index contributed by atoms with van der Waals surface area (Å²) in [5.41, 5.74) is 1.28. The summed E-state index contributed by atoms with van der Waals surface area (Å²) in [5.74, 6) is 0. The zero-order valence-corrected chi connectivity index (χ0v) is 10.4. The summed E-state index contributed by atoms with van der Waals surface area (Å²) in [6.07, 6.45) is 0. The van der Waals surface area contributed by atoms with Crippen LogP contribution in [0.3, 0.4) is 0 Å². The molecule has 1 aromatic carbocycles. The average Bonchev–Trinajstić information content (AvgIpc) is 2.20. The predicted molar refractivity (Wildman–Crippen MR) is 60.6 cm³/mol. The highest BCUT2D eigenvalue weighted by Crippen LogP contribution is 2.26. The molecule has 0 saturated heterocycles. The first kappa shape index (κ1) is 11.4. The van der Waals surface area contributed by atoms with Gasteiger partial charge in [0.25, 0.3) is 0 Å². The summed E-state index contributed by atoms with van der Waals surface area (Å²) in [4.78, 5) is 0. The van der Waals surface area contributed by atoms with Crippen LogP contribution in [-0.2, 0) is 13.9 Å². The molecular weight excluding hydrogens is 192 g/mol. The first-order valence-electron chi connectivity index (χ1n) is 4.74. The molecule has 0 atom stereocenters. The van der Waals surface area contributed by atoms with E-state index in [1.807, 2.05) is 18.2 Å². The van der Waals surface area contributed by atoms with Crippen molar-refractivity contribution in [1.29, 1.82) is 0 Å². The molecule has 0 aliphatic rings. The second-order valence-electron chi connectivity index (χ2n) is 3.89. The second kappa shape index (κ2) is 4.73. The minimum Gasteiger partial charge on any atom is -0.399 e. The molecule has 1 rings (SSSR count). The van der Waals surface area contributed by atoms with Crippen LogP contribution in [0.25, 0.3) is 0 Å². The first-order chi connectivity index (χ1) is 6.62. The monoisotopic (exact) mass is 210 g/mol. The van der Waals surface area contributed by atoms with Crippen LogP contribution < -0.4 is 0 Å². The van der Waals surface area contributed by atoms with Crippen LogP contribution >= 0.6 is 0 Å². The fourth-order valence-corrected chi connectivity index (χ4v) is 3.52. The lowest BCUT2D eigenvalue weighted by Crippen LogP contribution is -2.41. The van der Waals surface area contributed by atoms with Crippen molar-refractivity contribution in [3.05, 3.63) is 35.9 Å². The van der Waals surface area contributed by atoms with Crippen molar-refractivity contribution in [1.82, 2.24) is 0 Å². The highest BCUT2D eigenvalue weighted by atomic mass is 28.3. The highest BCUT2D eigenvalue weighted by Gasteiger charge is 2.34. The molecule has 0 aromatic heterocycles. The molecule has 0 amide bonds. The van der Waals surface area contributed by atoms with Crippen LogP contribution in [0.5, 0.6) is 0 Å². The van der Waals surface area contributed by atoms with Gasteiger partial charge in [-0.25, -0.2) is 0 Å². The Bertz CT molecular complexity index is 268. The van der Waals surface area contributed by atoms with Crippen LogP contribution in [-0.4, -0.2) is 23.5 Å². The number of rotatable bonds is 4. The molecule has 0 fully saturated rings. The third-order valence-electron chi connectivity index (χ3n) is 2.54. The molecule has 0 unspecified atom stereocenters. The topological polar surface area (TPSA) is 18.5 Å². The maximum Gasteiger partial charge on any atom is 0.331 e. The van der Waals surface area contributed by atoms with Gasteiger partial charge in [-0.05, 0) is 5.56 Å². The number of hydrogen-bond donors (Lipinski definition) is 0. The standard InChI is InChI=1S/C11H18O2Si/c1-11(2,14(12-3)13-4)10-8-6-5-7-9-10/h5-9,14H,1-4H3. The number of hydrogen-bond acceptors (Lipinski definition) is 2. The van der Waals surface area contributed by atoms with Crippen molar-refractivity contribution in [3.8, 4) is 0 Å². The zero-order chi connectivity index (χ0) is 10.6.